The van der Waals surface area contributed by atoms with E-state index in [2.05, 4.69) is 0 Å². The van der Waals surface area contributed by atoms with Gasteiger partial charge in [-0.3, -0.25) is 4.79 Å². The lowest BCUT2D eigenvalue weighted by Crippen LogP contribution is -1.99. The minimum atomic E-state index is -0.825. The molecule has 0 radical (unpaired) electrons. The molecule has 1 N–H and O–H groups in total. The van der Waals surface area contributed by atoms with Crippen molar-refractivity contribution in [3.8, 4) is 0 Å². The molecular formula is C12H12O3. The zero-order chi connectivity index (χ0) is 11.0. The molecule has 0 bridgehead atoms. The monoisotopic (exact) mass is 204 g/mol. The molecule has 1 aromatic carbocycles. The molecule has 0 aliphatic heterocycles. The van der Waals surface area contributed by atoms with Crippen LogP contribution >= 0.6 is 0 Å². The van der Waals surface area contributed by atoms with E-state index < -0.39 is 5.97 Å². The number of furan rings is 1. The smallest absolute Gasteiger partial charge is 0.307 e. The van der Waals surface area contributed by atoms with Gasteiger partial charge in [0.25, 0.3) is 0 Å². The van der Waals surface area contributed by atoms with Gasteiger partial charge in [-0.15, -0.1) is 0 Å². The average Bonchev–Trinajstić information content (AvgIpc) is 2.41. The third kappa shape index (κ3) is 1.73. The second-order valence-corrected chi connectivity index (χ2v) is 3.68. The average molecular weight is 204 g/mol. The van der Waals surface area contributed by atoms with Gasteiger partial charge in [-0.05, 0) is 31.0 Å². The number of carboxylic acids is 1. The van der Waals surface area contributed by atoms with Crippen molar-refractivity contribution in [1.29, 1.82) is 0 Å². The minimum absolute atomic E-state index is 0.0364. The Morgan fingerprint density at radius 1 is 1.40 bits per heavy atom. The van der Waals surface area contributed by atoms with Crippen LogP contribution in [0.25, 0.3) is 11.0 Å². The molecule has 0 amide bonds. The van der Waals surface area contributed by atoms with Crippen LogP contribution in [-0.2, 0) is 11.2 Å². The van der Waals surface area contributed by atoms with Crippen molar-refractivity contribution in [2.45, 2.75) is 20.3 Å². The van der Waals surface area contributed by atoms with Crippen LogP contribution < -0.4 is 0 Å². The Kier molecular flexibility index (Phi) is 2.23. The van der Waals surface area contributed by atoms with Gasteiger partial charge in [0.05, 0.1) is 6.42 Å². The Hall–Kier alpha value is -1.77. The fraction of sp³-hybridized carbons (Fsp3) is 0.250. The molecule has 3 heteroatoms. The SMILES string of the molecule is Cc1oc2cc(CC(=O)O)ccc2c1C. The molecule has 15 heavy (non-hydrogen) atoms. The molecule has 2 rings (SSSR count). The lowest BCUT2D eigenvalue weighted by atomic mass is 10.1. The van der Waals surface area contributed by atoms with Gasteiger partial charge in [0.2, 0.25) is 0 Å². The molecule has 1 aromatic heterocycles. The van der Waals surface area contributed by atoms with E-state index >= 15 is 0 Å². The topological polar surface area (TPSA) is 50.4 Å². The molecule has 0 fully saturated rings. The highest BCUT2D eigenvalue weighted by atomic mass is 16.4. The van der Waals surface area contributed by atoms with Gasteiger partial charge in [0.15, 0.2) is 0 Å². The van der Waals surface area contributed by atoms with Crippen LogP contribution in [-0.4, -0.2) is 11.1 Å². The molecule has 0 atom stereocenters. The van der Waals surface area contributed by atoms with E-state index in [1.165, 1.54) is 0 Å². The predicted molar refractivity (Wildman–Crippen MR) is 57.0 cm³/mol. The molecule has 2 aromatic rings. The summed E-state index contributed by atoms with van der Waals surface area (Å²) >= 11 is 0. The number of hydrogen-bond donors (Lipinski definition) is 1. The third-order valence-electron chi connectivity index (χ3n) is 2.60. The van der Waals surface area contributed by atoms with E-state index in [4.69, 9.17) is 9.52 Å². The Morgan fingerprint density at radius 2 is 2.13 bits per heavy atom. The van der Waals surface area contributed by atoms with Gasteiger partial charge in [-0.2, -0.15) is 0 Å². The lowest BCUT2D eigenvalue weighted by molar-refractivity contribution is -0.136. The van der Waals surface area contributed by atoms with Crippen LogP contribution in [0.5, 0.6) is 0 Å². The first-order valence-corrected chi connectivity index (χ1v) is 4.78. The lowest BCUT2D eigenvalue weighted by Gasteiger charge is -1.96. The minimum Gasteiger partial charge on any atom is -0.481 e. The van der Waals surface area contributed by atoms with Gasteiger partial charge in [-0.1, -0.05) is 12.1 Å². The Morgan fingerprint density at radius 3 is 2.80 bits per heavy atom. The number of rotatable bonds is 2. The van der Waals surface area contributed by atoms with Crippen molar-refractivity contribution < 1.29 is 14.3 Å². The second-order valence-electron chi connectivity index (χ2n) is 3.68. The number of aliphatic carboxylic acids is 1. The zero-order valence-electron chi connectivity index (χ0n) is 8.70. The molecule has 1 heterocycles. The third-order valence-corrected chi connectivity index (χ3v) is 2.60. The highest BCUT2D eigenvalue weighted by Crippen LogP contribution is 2.25. The number of carboxylic acid groups (broad SMARTS) is 1. The predicted octanol–water partition coefficient (Wildman–Crippen LogP) is 2.68. The molecule has 0 saturated heterocycles. The quantitative estimate of drug-likeness (QED) is 0.818. The normalized spacial score (nSPS) is 10.8. The molecule has 0 aliphatic rings. The standard InChI is InChI=1S/C12H12O3/c1-7-8(2)15-11-5-9(6-12(13)14)3-4-10(7)11/h3-5H,6H2,1-2H3,(H,13,14). The summed E-state index contributed by atoms with van der Waals surface area (Å²) in [5.74, 6) is 0.0619. The first-order chi connectivity index (χ1) is 7.08. The van der Waals surface area contributed by atoms with Gasteiger partial charge in [0.1, 0.15) is 11.3 Å². The maximum atomic E-state index is 10.5. The Balaban J connectivity index is 2.52. The summed E-state index contributed by atoms with van der Waals surface area (Å²) in [6.07, 6.45) is 0.0364. The molecule has 0 saturated carbocycles. The second kappa shape index (κ2) is 3.42. The van der Waals surface area contributed by atoms with Crippen LogP contribution in [0, 0.1) is 13.8 Å². The van der Waals surface area contributed by atoms with Crippen LogP contribution in [0.4, 0.5) is 0 Å². The van der Waals surface area contributed by atoms with Crippen LogP contribution in [0.2, 0.25) is 0 Å². The first-order valence-electron chi connectivity index (χ1n) is 4.78. The van der Waals surface area contributed by atoms with Crippen molar-refractivity contribution >= 4 is 16.9 Å². The zero-order valence-corrected chi connectivity index (χ0v) is 8.70. The van der Waals surface area contributed by atoms with E-state index in [1.54, 1.807) is 6.07 Å². The van der Waals surface area contributed by atoms with E-state index in [-0.39, 0.29) is 6.42 Å². The highest BCUT2D eigenvalue weighted by Gasteiger charge is 2.08. The van der Waals surface area contributed by atoms with Gasteiger partial charge >= 0.3 is 5.97 Å². The van der Waals surface area contributed by atoms with Gasteiger partial charge in [-0.25, -0.2) is 0 Å². The molecule has 0 spiro atoms. The molecular weight excluding hydrogens is 192 g/mol. The maximum absolute atomic E-state index is 10.5. The van der Waals surface area contributed by atoms with Gasteiger partial charge < -0.3 is 9.52 Å². The Bertz CT molecular complexity index is 523. The fourth-order valence-corrected chi connectivity index (χ4v) is 1.68. The maximum Gasteiger partial charge on any atom is 0.307 e. The van der Waals surface area contributed by atoms with Crippen LogP contribution in [0.3, 0.4) is 0 Å². The summed E-state index contributed by atoms with van der Waals surface area (Å²) < 4.78 is 5.53. The number of carbonyl (C=O) groups is 1. The van der Waals surface area contributed by atoms with Crippen molar-refractivity contribution in [3.63, 3.8) is 0 Å². The van der Waals surface area contributed by atoms with Gasteiger partial charge in [0, 0.05) is 5.39 Å². The molecule has 3 nitrogen and oxygen atoms in total. The van der Waals surface area contributed by atoms with Crippen molar-refractivity contribution in [1.82, 2.24) is 0 Å². The highest BCUT2D eigenvalue weighted by molar-refractivity contribution is 5.83. The fourth-order valence-electron chi connectivity index (χ4n) is 1.68. The van der Waals surface area contributed by atoms with Crippen molar-refractivity contribution in [2.75, 3.05) is 0 Å². The van der Waals surface area contributed by atoms with E-state index in [0.29, 0.717) is 0 Å². The number of fused-ring (bicyclic) bond motifs is 1. The van der Waals surface area contributed by atoms with Crippen molar-refractivity contribution in [3.05, 3.63) is 35.1 Å². The van der Waals surface area contributed by atoms with E-state index in [1.807, 2.05) is 26.0 Å². The van der Waals surface area contributed by atoms with Crippen LogP contribution in [0.1, 0.15) is 16.9 Å². The molecule has 0 unspecified atom stereocenters. The molecule has 78 valence electrons. The number of aryl methyl sites for hydroxylation is 2. The summed E-state index contributed by atoms with van der Waals surface area (Å²) in [7, 11) is 0. The first kappa shape index (κ1) is 9.77. The summed E-state index contributed by atoms with van der Waals surface area (Å²) in [5, 5.41) is 9.73. The molecule has 0 aliphatic carbocycles. The van der Waals surface area contributed by atoms with E-state index in [9.17, 15) is 4.79 Å². The van der Waals surface area contributed by atoms with Crippen molar-refractivity contribution in [2.24, 2.45) is 0 Å². The number of benzene rings is 1. The summed E-state index contributed by atoms with van der Waals surface area (Å²) in [6, 6.07) is 5.54. The Labute approximate surface area is 87.3 Å². The largest absolute Gasteiger partial charge is 0.481 e. The summed E-state index contributed by atoms with van der Waals surface area (Å²) in [5.41, 5.74) is 2.65. The number of hydrogen-bond acceptors (Lipinski definition) is 2. The summed E-state index contributed by atoms with van der Waals surface area (Å²) in [6.45, 7) is 3.91. The van der Waals surface area contributed by atoms with E-state index in [0.717, 1.165) is 27.9 Å². The van der Waals surface area contributed by atoms with Crippen LogP contribution in [0.15, 0.2) is 22.6 Å². The summed E-state index contributed by atoms with van der Waals surface area (Å²) in [4.78, 5) is 10.5.